The van der Waals surface area contributed by atoms with Gasteiger partial charge in [-0.2, -0.15) is 0 Å². The second kappa shape index (κ2) is 7.07. The quantitative estimate of drug-likeness (QED) is 0.733. The van der Waals surface area contributed by atoms with Gasteiger partial charge in [-0.05, 0) is 42.2 Å². The SMILES string of the molecule is NC(=O)N1CCC2CN(Cc3ccc(Oc4nc5ccccc5s4)cc3)CC21. The highest BCUT2D eigenvalue weighted by atomic mass is 32.1. The van der Waals surface area contributed by atoms with E-state index < -0.39 is 0 Å². The van der Waals surface area contributed by atoms with E-state index in [9.17, 15) is 4.79 Å². The lowest BCUT2D eigenvalue weighted by molar-refractivity contribution is 0.195. The Labute approximate surface area is 167 Å². The molecular formula is C21H22N4O2S. The highest BCUT2D eigenvalue weighted by molar-refractivity contribution is 7.20. The zero-order valence-electron chi connectivity index (χ0n) is 15.5. The number of hydrogen-bond donors (Lipinski definition) is 1. The van der Waals surface area contributed by atoms with Crippen LogP contribution in [0.2, 0.25) is 0 Å². The second-order valence-electron chi connectivity index (χ2n) is 7.54. The van der Waals surface area contributed by atoms with E-state index >= 15 is 0 Å². The first-order valence-electron chi connectivity index (χ1n) is 9.56. The van der Waals surface area contributed by atoms with Crippen LogP contribution in [0.15, 0.2) is 48.5 Å². The summed E-state index contributed by atoms with van der Waals surface area (Å²) in [5.41, 5.74) is 7.71. The number of urea groups is 1. The molecule has 0 spiro atoms. The van der Waals surface area contributed by atoms with Crippen LogP contribution in [0, 0.1) is 5.92 Å². The standard InChI is InChI=1S/C21H22N4O2S/c22-20(26)25-10-9-15-12-24(13-18(15)25)11-14-5-7-16(8-6-14)27-21-23-17-3-1-2-4-19(17)28-21/h1-8,15,18H,9-13H2,(H2,22,26). The maximum Gasteiger partial charge on any atom is 0.315 e. The van der Waals surface area contributed by atoms with E-state index in [1.54, 1.807) is 11.3 Å². The number of hydrogen-bond acceptors (Lipinski definition) is 5. The number of likely N-dealkylation sites (tertiary alicyclic amines) is 2. The first kappa shape index (κ1) is 17.5. The molecule has 2 N–H and O–H groups in total. The van der Waals surface area contributed by atoms with Crippen LogP contribution in [0.4, 0.5) is 4.79 Å². The van der Waals surface area contributed by atoms with Gasteiger partial charge in [-0.25, -0.2) is 9.78 Å². The van der Waals surface area contributed by atoms with Crippen molar-refractivity contribution in [3.63, 3.8) is 0 Å². The fourth-order valence-electron chi connectivity index (χ4n) is 4.37. The van der Waals surface area contributed by atoms with Crippen LogP contribution in [0.3, 0.4) is 0 Å². The molecule has 2 atom stereocenters. The Bertz CT molecular complexity index is 970. The summed E-state index contributed by atoms with van der Waals surface area (Å²) < 4.78 is 7.05. The molecule has 2 saturated heterocycles. The molecule has 0 aliphatic carbocycles. The van der Waals surface area contributed by atoms with Gasteiger partial charge in [0, 0.05) is 26.2 Å². The molecule has 28 heavy (non-hydrogen) atoms. The van der Waals surface area contributed by atoms with Crippen molar-refractivity contribution >= 4 is 27.6 Å². The van der Waals surface area contributed by atoms with Crippen molar-refractivity contribution in [1.29, 1.82) is 0 Å². The van der Waals surface area contributed by atoms with Crippen molar-refractivity contribution in [2.24, 2.45) is 11.7 Å². The first-order valence-corrected chi connectivity index (χ1v) is 10.4. The van der Waals surface area contributed by atoms with Crippen molar-refractivity contribution in [3.05, 3.63) is 54.1 Å². The van der Waals surface area contributed by atoms with Gasteiger partial charge < -0.3 is 15.4 Å². The van der Waals surface area contributed by atoms with E-state index in [1.165, 1.54) is 5.56 Å². The summed E-state index contributed by atoms with van der Waals surface area (Å²) in [5, 5.41) is 0.660. The lowest BCUT2D eigenvalue weighted by atomic mass is 10.1. The molecule has 0 radical (unpaired) electrons. The van der Waals surface area contributed by atoms with Crippen molar-refractivity contribution in [2.75, 3.05) is 19.6 Å². The maximum atomic E-state index is 11.6. The smallest absolute Gasteiger partial charge is 0.315 e. The number of primary amides is 1. The zero-order chi connectivity index (χ0) is 19.1. The highest BCUT2D eigenvalue weighted by Gasteiger charge is 2.42. The number of carbonyl (C=O) groups excluding carboxylic acids is 1. The molecule has 2 amide bonds. The molecule has 2 fully saturated rings. The van der Waals surface area contributed by atoms with Crippen LogP contribution >= 0.6 is 11.3 Å². The molecule has 2 aliphatic heterocycles. The molecule has 5 rings (SSSR count). The molecule has 6 nitrogen and oxygen atoms in total. The third-order valence-electron chi connectivity index (χ3n) is 5.72. The van der Waals surface area contributed by atoms with E-state index in [0.29, 0.717) is 11.1 Å². The number of nitrogens with two attached hydrogens (primary N) is 1. The summed E-state index contributed by atoms with van der Waals surface area (Å²) in [4.78, 5) is 20.3. The van der Waals surface area contributed by atoms with Crippen molar-refractivity contribution < 1.29 is 9.53 Å². The Morgan fingerprint density at radius 3 is 2.79 bits per heavy atom. The number of aromatic nitrogens is 1. The van der Waals surface area contributed by atoms with Crippen molar-refractivity contribution in [3.8, 4) is 10.9 Å². The molecule has 144 valence electrons. The van der Waals surface area contributed by atoms with Gasteiger partial charge >= 0.3 is 6.03 Å². The lowest BCUT2D eigenvalue weighted by Crippen LogP contribution is -2.42. The number of nitrogens with zero attached hydrogens (tertiary/aromatic N) is 3. The van der Waals surface area contributed by atoms with E-state index in [-0.39, 0.29) is 12.1 Å². The molecule has 2 aromatic carbocycles. The summed E-state index contributed by atoms with van der Waals surface area (Å²) in [6, 6.07) is 16.2. The maximum absolute atomic E-state index is 11.6. The fourth-order valence-corrected chi connectivity index (χ4v) is 5.20. The largest absolute Gasteiger partial charge is 0.431 e. The molecule has 0 saturated carbocycles. The number of benzene rings is 2. The second-order valence-corrected chi connectivity index (χ2v) is 8.53. The molecule has 3 aromatic rings. The summed E-state index contributed by atoms with van der Waals surface area (Å²) in [5.74, 6) is 1.34. The van der Waals surface area contributed by atoms with Gasteiger partial charge in [0.1, 0.15) is 5.75 Å². The predicted octanol–water partition coefficient (Wildman–Crippen LogP) is 3.67. The molecule has 2 unspecified atom stereocenters. The van der Waals surface area contributed by atoms with Gasteiger partial charge in [-0.1, -0.05) is 35.6 Å². The fraction of sp³-hybridized carbons (Fsp3) is 0.333. The lowest BCUT2D eigenvalue weighted by Gasteiger charge is -2.23. The normalized spacial score (nSPS) is 21.9. The predicted molar refractivity (Wildman–Crippen MR) is 110 cm³/mol. The summed E-state index contributed by atoms with van der Waals surface area (Å²) in [6.45, 7) is 3.60. The number of rotatable bonds is 4. The van der Waals surface area contributed by atoms with E-state index in [1.807, 2.05) is 41.3 Å². The van der Waals surface area contributed by atoms with Crippen LogP contribution in [0.1, 0.15) is 12.0 Å². The van der Waals surface area contributed by atoms with E-state index in [2.05, 4.69) is 22.0 Å². The summed E-state index contributed by atoms with van der Waals surface area (Å²) in [7, 11) is 0. The third-order valence-corrected chi connectivity index (χ3v) is 6.63. The summed E-state index contributed by atoms with van der Waals surface area (Å²) >= 11 is 1.55. The first-order chi connectivity index (χ1) is 13.7. The van der Waals surface area contributed by atoms with Gasteiger partial charge in [0.05, 0.1) is 16.3 Å². The average molecular weight is 395 g/mol. The zero-order valence-corrected chi connectivity index (χ0v) is 16.3. The number of amides is 2. The van der Waals surface area contributed by atoms with Crippen molar-refractivity contribution in [2.45, 2.75) is 19.0 Å². The molecule has 7 heteroatoms. The van der Waals surface area contributed by atoms with Crippen molar-refractivity contribution in [1.82, 2.24) is 14.8 Å². The Hall–Kier alpha value is -2.64. The van der Waals surface area contributed by atoms with Crippen LogP contribution in [0.5, 0.6) is 10.9 Å². The van der Waals surface area contributed by atoms with Crippen LogP contribution in [-0.4, -0.2) is 46.5 Å². The van der Waals surface area contributed by atoms with Gasteiger partial charge in [-0.3, -0.25) is 4.90 Å². The molecular weight excluding hydrogens is 372 g/mol. The molecule has 0 bridgehead atoms. The Balaban J connectivity index is 1.22. The van der Waals surface area contributed by atoms with Gasteiger partial charge in [0.15, 0.2) is 0 Å². The Kier molecular flexibility index (Phi) is 4.41. The number of carbonyl (C=O) groups is 1. The monoisotopic (exact) mass is 394 g/mol. The van der Waals surface area contributed by atoms with Gasteiger partial charge in [0.25, 0.3) is 5.19 Å². The minimum atomic E-state index is -0.286. The van der Waals surface area contributed by atoms with E-state index in [4.69, 9.17) is 10.5 Å². The van der Waals surface area contributed by atoms with Crippen LogP contribution in [0.25, 0.3) is 10.2 Å². The van der Waals surface area contributed by atoms with Gasteiger partial charge in [0.2, 0.25) is 0 Å². The Morgan fingerprint density at radius 1 is 1.18 bits per heavy atom. The van der Waals surface area contributed by atoms with Crippen LogP contribution < -0.4 is 10.5 Å². The van der Waals surface area contributed by atoms with E-state index in [0.717, 1.165) is 48.6 Å². The topological polar surface area (TPSA) is 71.7 Å². The molecule has 2 aliphatic rings. The minimum absolute atomic E-state index is 0.277. The highest BCUT2D eigenvalue weighted by Crippen LogP contribution is 2.33. The summed E-state index contributed by atoms with van der Waals surface area (Å²) in [6.07, 6.45) is 1.05. The Morgan fingerprint density at radius 2 is 2.00 bits per heavy atom. The van der Waals surface area contributed by atoms with Gasteiger partial charge in [-0.15, -0.1) is 0 Å². The third kappa shape index (κ3) is 3.31. The minimum Gasteiger partial charge on any atom is -0.431 e. The van der Waals surface area contributed by atoms with Crippen LogP contribution in [-0.2, 0) is 6.54 Å². The number of thiazole rings is 1. The molecule has 3 heterocycles. The number of ether oxygens (including phenoxy) is 1. The average Bonchev–Trinajstić information content (AvgIpc) is 3.36. The molecule has 1 aromatic heterocycles. The number of fused-ring (bicyclic) bond motifs is 2. The number of para-hydroxylation sites is 1.